The molecule has 7 nitrogen and oxygen atoms in total. The lowest BCUT2D eigenvalue weighted by Crippen LogP contribution is -2.45. The number of amides is 2. The van der Waals surface area contributed by atoms with Gasteiger partial charge in [0, 0.05) is 30.1 Å². The number of nitrogens with one attached hydrogen (secondary N) is 1. The van der Waals surface area contributed by atoms with Crippen molar-refractivity contribution in [2.75, 3.05) is 16.8 Å². The van der Waals surface area contributed by atoms with Gasteiger partial charge in [-0.15, -0.1) is 0 Å². The first-order valence-electron chi connectivity index (χ1n) is 8.98. The van der Waals surface area contributed by atoms with Crippen molar-refractivity contribution in [2.24, 2.45) is 0 Å². The second-order valence-corrected chi connectivity index (χ2v) is 7.20. The summed E-state index contributed by atoms with van der Waals surface area (Å²) in [5.74, 6) is 0.220. The van der Waals surface area contributed by atoms with Crippen LogP contribution in [-0.2, 0) is 9.59 Å². The highest BCUT2D eigenvalue weighted by atomic mass is 32.1. The minimum Gasteiger partial charge on any atom is -0.479 e. The van der Waals surface area contributed by atoms with Crippen molar-refractivity contribution in [1.82, 2.24) is 9.36 Å². The van der Waals surface area contributed by atoms with E-state index >= 15 is 0 Å². The van der Waals surface area contributed by atoms with E-state index in [0.29, 0.717) is 28.0 Å². The molecule has 4 rings (SSSR count). The van der Waals surface area contributed by atoms with Crippen molar-refractivity contribution in [2.45, 2.75) is 19.4 Å². The first-order valence-corrected chi connectivity index (χ1v) is 9.75. The summed E-state index contributed by atoms with van der Waals surface area (Å²) in [7, 11) is 0. The fraction of sp³-hybridized carbons (Fsp3) is 0.200. The fourth-order valence-electron chi connectivity index (χ4n) is 2.98. The van der Waals surface area contributed by atoms with Crippen molar-refractivity contribution in [3.8, 4) is 17.1 Å². The van der Waals surface area contributed by atoms with Gasteiger partial charge in [0.1, 0.15) is 11.6 Å². The average Bonchev–Trinajstić information content (AvgIpc) is 3.17. The SMILES string of the molecule is CC1Oc2ccccc2N(CCC(=O)Nc2nc(-c3ccc(F)cc3)ns2)C1=O. The standard InChI is InChI=1S/C20H17FN4O3S/c1-12-19(27)25(15-4-2-3-5-16(15)28-12)11-10-17(26)22-20-23-18(24-29-20)13-6-8-14(21)9-7-13/h2-9,12H,10-11H2,1H3,(H,22,23,24,26). The number of aromatic nitrogens is 2. The summed E-state index contributed by atoms with van der Waals surface area (Å²) in [4.78, 5) is 30.6. The van der Waals surface area contributed by atoms with E-state index < -0.39 is 6.10 Å². The largest absolute Gasteiger partial charge is 0.479 e. The van der Waals surface area contributed by atoms with Crippen LogP contribution in [-0.4, -0.2) is 33.8 Å². The lowest BCUT2D eigenvalue weighted by Gasteiger charge is -2.32. The second-order valence-electron chi connectivity index (χ2n) is 6.45. The van der Waals surface area contributed by atoms with E-state index in [1.54, 1.807) is 36.1 Å². The van der Waals surface area contributed by atoms with Gasteiger partial charge in [-0.3, -0.25) is 9.59 Å². The Morgan fingerprint density at radius 1 is 1.24 bits per heavy atom. The zero-order valence-electron chi connectivity index (χ0n) is 15.5. The zero-order chi connectivity index (χ0) is 20.4. The van der Waals surface area contributed by atoms with Gasteiger partial charge in [0.2, 0.25) is 11.0 Å². The minimum absolute atomic E-state index is 0.0955. The number of carbonyl (C=O) groups excluding carboxylic acids is 2. The van der Waals surface area contributed by atoms with Crippen molar-refractivity contribution >= 4 is 34.2 Å². The molecule has 0 fully saturated rings. The average molecular weight is 412 g/mol. The van der Waals surface area contributed by atoms with Gasteiger partial charge in [-0.05, 0) is 43.3 Å². The van der Waals surface area contributed by atoms with Gasteiger partial charge in [-0.25, -0.2) is 4.39 Å². The maximum absolute atomic E-state index is 13.0. The Kier molecular flexibility index (Phi) is 5.22. The highest BCUT2D eigenvalue weighted by molar-refractivity contribution is 7.10. The summed E-state index contributed by atoms with van der Waals surface area (Å²) in [6.45, 7) is 1.91. The molecule has 2 heterocycles. The second kappa shape index (κ2) is 7.96. The third kappa shape index (κ3) is 4.09. The molecule has 2 amide bonds. The molecule has 2 aromatic carbocycles. The van der Waals surface area contributed by atoms with Gasteiger partial charge >= 0.3 is 0 Å². The van der Waals surface area contributed by atoms with Crippen LogP contribution >= 0.6 is 11.5 Å². The van der Waals surface area contributed by atoms with Gasteiger partial charge in [0.25, 0.3) is 5.91 Å². The maximum atomic E-state index is 13.0. The Balaban J connectivity index is 1.39. The Bertz CT molecular complexity index is 1050. The molecule has 29 heavy (non-hydrogen) atoms. The normalized spacial score (nSPS) is 15.6. The molecule has 0 saturated heterocycles. The van der Waals surface area contributed by atoms with Crippen LogP contribution in [0.1, 0.15) is 13.3 Å². The number of hydrogen-bond donors (Lipinski definition) is 1. The Labute approximate surface area is 170 Å². The molecule has 1 unspecified atom stereocenters. The molecule has 0 spiro atoms. The van der Waals surface area contributed by atoms with Crippen LogP contribution in [0.25, 0.3) is 11.4 Å². The number of para-hydroxylation sites is 2. The molecular weight excluding hydrogens is 395 g/mol. The van der Waals surface area contributed by atoms with Gasteiger partial charge in [-0.2, -0.15) is 9.36 Å². The van der Waals surface area contributed by atoms with Crippen molar-refractivity contribution < 1.29 is 18.7 Å². The molecule has 1 aliphatic rings. The molecule has 148 valence electrons. The molecule has 0 bridgehead atoms. The quantitative estimate of drug-likeness (QED) is 0.694. The summed E-state index contributed by atoms with van der Waals surface area (Å²) in [6.07, 6.45) is -0.507. The summed E-state index contributed by atoms with van der Waals surface area (Å²) >= 11 is 1.04. The van der Waals surface area contributed by atoms with Gasteiger partial charge in [0.05, 0.1) is 5.69 Å². The number of benzene rings is 2. The van der Waals surface area contributed by atoms with Crippen LogP contribution in [0.5, 0.6) is 5.75 Å². The third-order valence-electron chi connectivity index (χ3n) is 4.41. The molecule has 1 N–H and O–H groups in total. The van der Waals surface area contributed by atoms with Gasteiger partial charge in [-0.1, -0.05) is 12.1 Å². The lowest BCUT2D eigenvalue weighted by atomic mass is 10.1. The van der Waals surface area contributed by atoms with Crippen LogP contribution in [0.15, 0.2) is 48.5 Å². The molecule has 0 aliphatic carbocycles. The Hall–Kier alpha value is -3.33. The summed E-state index contributed by atoms with van der Waals surface area (Å²) in [5, 5.41) is 3.04. The number of nitrogens with zero attached hydrogens (tertiary/aromatic N) is 3. The maximum Gasteiger partial charge on any atom is 0.267 e. The predicted octanol–water partition coefficient (Wildman–Crippen LogP) is 3.49. The minimum atomic E-state index is -0.602. The van der Waals surface area contributed by atoms with Crippen molar-refractivity contribution in [3.05, 3.63) is 54.3 Å². The van der Waals surface area contributed by atoms with Crippen molar-refractivity contribution in [1.29, 1.82) is 0 Å². The first kappa shape index (κ1) is 19.0. The number of halogens is 1. The highest BCUT2D eigenvalue weighted by Crippen LogP contribution is 2.33. The molecule has 0 saturated carbocycles. The Morgan fingerprint density at radius 2 is 2.00 bits per heavy atom. The van der Waals surface area contributed by atoms with Gasteiger partial charge in [0.15, 0.2) is 11.9 Å². The van der Waals surface area contributed by atoms with Crippen LogP contribution in [0, 0.1) is 5.82 Å². The van der Waals surface area contributed by atoms with E-state index in [4.69, 9.17) is 4.74 Å². The molecule has 1 atom stereocenters. The predicted molar refractivity (Wildman–Crippen MR) is 107 cm³/mol. The molecule has 1 aromatic heterocycles. The number of anilines is 2. The number of rotatable bonds is 5. The number of hydrogen-bond acceptors (Lipinski definition) is 6. The number of fused-ring (bicyclic) bond motifs is 1. The van der Waals surface area contributed by atoms with E-state index in [2.05, 4.69) is 14.7 Å². The zero-order valence-corrected chi connectivity index (χ0v) is 16.3. The van der Waals surface area contributed by atoms with E-state index in [-0.39, 0.29) is 30.6 Å². The van der Waals surface area contributed by atoms with E-state index in [1.807, 2.05) is 12.1 Å². The van der Waals surface area contributed by atoms with E-state index in [1.165, 1.54) is 12.1 Å². The van der Waals surface area contributed by atoms with E-state index in [0.717, 1.165) is 11.5 Å². The number of ether oxygens (including phenoxy) is 1. The molecule has 3 aromatic rings. The topological polar surface area (TPSA) is 84.4 Å². The van der Waals surface area contributed by atoms with Crippen LogP contribution in [0.3, 0.4) is 0 Å². The monoisotopic (exact) mass is 412 g/mol. The molecule has 0 radical (unpaired) electrons. The van der Waals surface area contributed by atoms with E-state index in [9.17, 15) is 14.0 Å². The smallest absolute Gasteiger partial charge is 0.267 e. The molecule has 9 heteroatoms. The summed E-state index contributed by atoms with van der Waals surface area (Å²) in [6, 6.07) is 13.0. The summed E-state index contributed by atoms with van der Waals surface area (Å²) in [5.41, 5.74) is 1.31. The number of carbonyl (C=O) groups is 2. The van der Waals surface area contributed by atoms with Crippen LogP contribution in [0.2, 0.25) is 0 Å². The van der Waals surface area contributed by atoms with Crippen LogP contribution in [0.4, 0.5) is 15.2 Å². The Morgan fingerprint density at radius 3 is 2.79 bits per heavy atom. The van der Waals surface area contributed by atoms with Crippen LogP contribution < -0.4 is 15.0 Å². The molecule has 1 aliphatic heterocycles. The third-order valence-corrected chi connectivity index (χ3v) is 5.04. The summed E-state index contributed by atoms with van der Waals surface area (Å²) < 4.78 is 22.8. The fourth-order valence-corrected chi connectivity index (χ4v) is 3.58. The molecular formula is C20H17FN4O3S. The van der Waals surface area contributed by atoms with Gasteiger partial charge < -0.3 is 15.0 Å². The first-order chi connectivity index (χ1) is 14.0. The lowest BCUT2D eigenvalue weighted by molar-refractivity contribution is -0.125. The highest BCUT2D eigenvalue weighted by Gasteiger charge is 2.31. The van der Waals surface area contributed by atoms with Crippen molar-refractivity contribution in [3.63, 3.8) is 0 Å².